The summed E-state index contributed by atoms with van der Waals surface area (Å²) in [4.78, 5) is 3.97. The summed E-state index contributed by atoms with van der Waals surface area (Å²) in [6, 6.07) is 8.58. The zero-order valence-electron chi connectivity index (χ0n) is 14.1. The number of hydrogen-bond donors (Lipinski definition) is 1. The molecule has 2 heterocycles. The topological polar surface area (TPSA) is 60.6 Å². The van der Waals surface area contributed by atoms with Crippen LogP contribution >= 0.6 is 0 Å². The lowest BCUT2D eigenvalue weighted by atomic mass is 10.1. The standard InChI is InChI=1S/C18H22N6/c1-4-9-23-11-17(15(3)22-23)10-20-14(2)16-5-7-18(8-6-16)24-13-19-12-21-24/h4-8,11-14,20H,1,9-10H2,2-3H3/t14-/m1/s1. The van der Waals surface area contributed by atoms with Crippen LogP contribution in [0.3, 0.4) is 0 Å². The Balaban J connectivity index is 1.62. The van der Waals surface area contributed by atoms with Crippen molar-refractivity contribution in [3.63, 3.8) is 0 Å². The van der Waals surface area contributed by atoms with E-state index in [1.165, 1.54) is 17.5 Å². The van der Waals surface area contributed by atoms with Gasteiger partial charge in [0.2, 0.25) is 0 Å². The lowest BCUT2D eigenvalue weighted by molar-refractivity contribution is 0.573. The third kappa shape index (κ3) is 3.60. The van der Waals surface area contributed by atoms with Crippen LogP contribution in [0, 0.1) is 6.92 Å². The van der Waals surface area contributed by atoms with Gasteiger partial charge in [-0.2, -0.15) is 10.2 Å². The van der Waals surface area contributed by atoms with Crippen LogP contribution in [0.4, 0.5) is 0 Å². The van der Waals surface area contributed by atoms with E-state index >= 15 is 0 Å². The van der Waals surface area contributed by atoms with Gasteiger partial charge < -0.3 is 5.32 Å². The molecule has 6 heteroatoms. The predicted octanol–water partition coefficient (Wildman–Crippen LogP) is 2.81. The van der Waals surface area contributed by atoms with E-state index in [1.807, 2.05) is 17.7 Å². The summed E-state index contributed by atoms with van der Waals surface area (Å²) in [7, 11) is 0. The molecule has 24 heavy (non-hydrogen) atoms. The van der Waals surface area contributed by atoms with Gasteiger partial charge in [0.15, 0.2) is 0 Å². The van der Waals surface area contributed by atoms with Gasteiger partial charge in [0, 0.05) is 24.3 Å². The van der Waals surface area contributed by atoms with Crippen LogP contribution in [0.1, 0.15) is 29.8 Å². The van der Waals surface area contributed by atoms with Gasteiger partial charge in [0.25, 0.3) is 0 Å². The first kappa shape index (κ1) is 16.1. The first-order chi connectivity index (χ1) is 11.7. The molecule has 124 valence electrons. The number of hydrogen-bond acceptors (Lipinski definition) is 4. The molecular weight excluding hydrogens is 300 g/mol. The van der Waals surface area contributed by atoms with Crippen molar-refractivity contribution >= 4 is 0 Å². The van der Waals surface area contributed by atoms with Crippen molar-refractivity contribution in [3.8, 4) is 5.69 Å². The van der Waals surface area contributed by atoms with E-state index in [-0.39, 0.29) is 6.04 Å². The number of nitrogens with zero attached hydrogens (tertiary/aromatic N) is 5. The van der Waals surface area contributed by atoms with E-state index in [1.54, 1.807) is 11.0 Å². The first-order valence-corrected chi connectivity index (χ1v) is 7.99. The van der Waals surface area contributed by atoms with Crippen molar-refractivity contribution in [2.75, 3.05) is 0 Å². The van der Waals surface area contributed by atoms with Gasteiger partial charge in [-0.1, -0.05) is 18.2 Å². The Morgan fingerprint density at radius 3 is 2.75 bits per heavy atom. The Hall–Kier alpha value is -2.73. The molecule has 0 aliphatic heterocycles. The molecule has 3 rings (SSSR count). The van der Waals surface area contributed by atoms with Crippen molar-refractivity contribution in [1.29, 1.82) is 0 Å². The summed E-state index contributed by atoms with van der Waals surface area (Å²) < 4.78 is 3.66. The van der Waals surface area contributed by atoms with E-state index in [0.717, 1.165) is 24.5 Å². The van der Waals surface area contributed by atoms with Gasteiger partial charge in [-0.3, -0.25) is 4.68 Å². The SMILES string of the molecule is C=CCn1cc(CN[C@H](C)c2ccc(-n3cncn3)cc2)c(C)n1. The Morgan fingerprint density at radius 1 is 1.29 bits per heavy atom. The smallest absolute Gasteiger partial charge is 0.138 e. The number of aromatic nitrogens is 5. The Morgan fingerprint density at radius 2 is 2.08 bits per heavy atom. The highest BCUT2D eigenvalue weighted by Gasteiger charge is 2.09. The summed E-state index contributed by atoms with van der Waals surface area (Å²) in [6.07, 6.45) is 7.15. The molecule has 0 saturated heterocycles. The van der Waals surface area contributed by atoms with Gasteiger partial charge in [0.1, 0.15) is 12.7 Å². The molecule has 0 aliphatic rings. The number of nitrogens with one attached hydrogen (secondary N) is 1. The van der Waals surface area contributed by atoms with E-state index in [9.17, 15) is 0 Å². The summed E-state index contributed by atoms with van der Waals surface area (Å²) in [6.45, 7) is 9.47. The second kappa shape index (κ2) is 7.23. The zero-order valence-corrected chi connectivity index (χ0v) is 14.1. The van der Waals surface area contributed by atoms with Crippen LogP contribution in [0.2, 0.25) is 0 Å². The van der Waals surface area contributed by atoms with Crippen LogP contribution in [-0.2, 0) is 13.1 Å². The monoisotopic (exact) mass is 322 g/mol. The Bertz CT molecular complexity index is 786. The molecule has 0 fully saturated rings. The lowest BCUT2D eigenvalue weighted by Crippen LogP contribution is -2.18. The van der Waals surface area contributed by atoms with Crippen molar-refractivity contribution in [1.82, 2.24) is 29.9 Å². The molecule has 0 aliphatic carbocycles. The minimum Gasteiger partial charge on any atom is -0.306 e. The highest BCUT2D eigenvalue weighted by atomic mass is 15.3. The quantitative estimate of drug-likeness (QED) is 0.680. The number of rotatable bonds is 7. The third-order valence-electron chi connectivity index (χ3n) is 4.04. The van der Waals surface area contributed by atoms with E-state index in [4.69, 9.17) is 0 Å². The van der Waals surface area contributed by atoms with E-state index in [0.29, 0.717) is 0 Å². The second-order valence-corrected chi connectivity index (χ2v) is 5.78. The molecule has 0 unspecified atom stereocenters. The maximum Gasteiger partial charge on any atom is 0.138 e. The maximum atomic E-state index is 4.48. The molecule has 0 bridgehead atoms. The molecule has 2 aromatic heterocycles. The fraction of sp³-hybridized carbons (Fsp3) is 0.278. The minimum absolute atomic E-state index is 0.247. The molecular formula is C18H22N6. The first-order valence-electron chi connectivity index (χ1n) is 7.99. The van der Waals surface area contributed by atoms with Gasteiger partial charge in [0.05, 0.1) is 17.9 Å². The van der Waals surface area contributed by atoms with Crippen LogP contribution in [0.15, 0.2) is 55.8 Å². The summed E-state index contributed by atoms with van der Waals surface area (Å²) in [5, 5.41) is 12.2. The summed E-state index contributed by atoms with van der Waals surface area (Å²) in [5.41, 5.74) is 4.50. The Kier molecular flexibility index (Phi) is 4.86. The minimum atomic E-state index is 0.247. The molecule has 0 spiro atoms. The second-order valence-electron chi connectivity index (χ2n) is 5.78. The number of allylic oxidation sites excluding steroid dienone is 1. The molecule has 3 aromatic rings. The number of benzene rings is 1. The van der Waals surface area contributed by atoms with Gasteiger partial charge >= 0.3 is 0 Å². The van der Waals surface area contributed by atoms with Crippen LogP contribution in [-0.4, -0.2) is 24.5 Å². The molecule has 1 atom stereocenters. The van der Waals surface area contributed by atoms with Crippen LogP contribution < -0.4 is 5.32 Å². The third-order valence-corrected chi connectivity index (χ3v) is 4.04. The zero-order chi connectivity index (χ0) is 16.9. The van der Waals surface area contributed by atoms with Crippen molar-refractivity contribution in [2.45, 2.75) is 33.0 Å². The van der Waals surface area contributed by atoms with Gasteiger partial charge in [-0.05, 0) is 31.5 Å². The predicted molar refractivity (Wildman–Crippen MR) is 93.8 cm³/mol. The van der Waals surface area contributed by atoms with Gasteiger partial charge in [-0.25, -0.2) is 9.67 Å². The van der Waals surface area contributed by atoms with Crippen molar-refractivity contribution < 1.29 is 0 Å². The van der Waals surface area contributed by atoms with Crippen molar-refractivity contribution in [2.24, 2.45) is 0 Å². The van der Waals surface area contributed by atoms with E-state index < -0.39 is 0 Å². The highest BCUT2D eigenvalue weighted by Crippen LogP contribution is 2.16. The van der Waals surface area contributed by atoms with Crippen LogP contribution in [0.25, 0.3) is 5.69 Å². The Labute approximate surface area is 141 Å². The van der Waals surface area contributed by atoms with Crippen molar-refractivity contribution in [3.05, 3.63) is 72.6 Å². The van der Waals surface area contributed by atoms with Gasteiger partial charge in [-0.15, -0.1) is 6.58 Å². The summed E-state index contributed by atoms with van der Waals surface area (Å²) >= 11 is 0. The average Bonchev–Trinajstić information content (AvgIpc) is 3.23. The van der Waals surface area contributed by atoms with E-state index in [2.05, 4.69) is 64.5 Å². The highest BCUT2D eigenvalue weighted by molar-refractivity contribution is 5.34. The number of aryl methyl sites for hydroxylation is 1. The maximum absolute atomic E-state index is 4.48. The molecule has 0 saturated carbocycles. The fourth-order valence-corrected chi connectivity index (χ4v) is 2.60. The lowest BCUT2D eigenvalue weighted by Gasteiger charge is -2.14. The average molecular weight is 322 g/mol. The molecule has 0 radical (unpaired) electrons. The largest absolute Gasteiger partial charge is 0.306 e. The summed E-state index contributed by atoms with van der Waals surface area (Å²) in [5.74, 6) is 0. The normalized spacial score (nSPS) is 12.2. The molecule has 1 N–H and O–H groups in total. The molecule has 6 nitrogen and oxygen atoms in total. The molecule has 1 aromatic carbocycles. The molecule has 0 amide bonds. The fourth-order valence-electron chi connectivity index (χ4n) is 2.60. The van der Waals surface area contributed by atoms with Crippen LogP contribution in [0.5, 0.6) is 0 Å².